The molecule has 0 atom stereocenters. The van der Waals surface area contributed by atoms with E-state index in [2.05, 4.69) is 5.32 Å². The van der Waals surface area contributed by atoms with Crippen LogP contribution in [-0.2, 0) is 4.74 Å². The van der Waals surface area contributed by atoms with Crippen LogP contribution in [-0.4, -0.2) is 31.5 Å². The van der Waals surface area contributed by atoms with Crippen LogP contribution < -0.4 is 10.1 Å². The summed E-state index contributed by atoms with van der Waals surface area (Å²) in [5.74, 6) is 0.741. The zero-order valence-corrected chi connectivity index (χ0v) is 10.2. The Balaban J connectivity index is 2.81. The first-order chi connectivity index (χ1) is 8.10. The van der Waals surface area contributed by atoms with E-state index in [0.29, 0.717) is 5.69 Å². The van der Waals surface area contributed by atoms with Gasteiger partial charge in [-0.3, -0.25) is 5.32 Å². The summed E-state index contributed by atoms with van der Waals surface area (Å²) in [4.78, 5) is 11.3. The Morgan fingerprint density at radius 3 is 2.71 bits per heavy atom. The van der Waals surface area contributed by atoms with Crippen molar-refractivity contribution in [2.45, 2.75) is 13.8 Å². The van der Waals surface area contributed by atoms with Gasteiger partial charge in [-0.1, -0.05) is 6.07 Å². The molecule has 0 aliphatic carbocycles. The molecule has 0 radical (unpaired) electrons. The van der Waals surface area contributed by atoms with Gasteiger partial charge in [0.25, 0.3) is 0 Å². The van der Waals surface area contributed by atoms with Crippen molar-refractivity contribution in [1.82, 2.24) is 0 Å². The summed E-state index contributed by atoms with van der Waals surface area (Å²) in [7, 11) is 1.59. The van der Waals surface area contributed by atoms with E-state index in [4.69, 9.17) is 14.6 Å². The second-order valence-corrected chi connectivity index (χ2v) is 3.57. The van der Waals surface area contributed by atoms with Crippen LogP contribution in [0.3, 0.4) is 0 Å². The Kier molecular flexibility index (Phi) is 4.78. The quantitative estimate of drug-likeness (QED) is 0.841. The highest BCUT2D eigenvalue weighted by Crippen LogP contribution is 2.29. The highest BCUT2D eigenvalue weighted by molar-refractivity contribution is 5.86. The molecule has 0 spiro atoms. The third-order valence-corrected chi connectivity index (χ3v) is 2.37. The summed E-state index contributed by atoms with van der Waals surface area (Å²) >= 11 is 0. The molecule has 0 unspecified atom stereocenters. The van der Waals surface area contributed by atoms with Crippen molar-refractivity contribution in [3.63, 3.8) is 0 Å². The lowest BCUT2D eigenvalue weighted by atomic mass is 10.1. The first kappa shape index (κ1) is 13.3. The average molecular weight is 239 g/mol. The third-order valence-electron chi connectivity index (χ3n) is 2.37. The highest BCUT2D eigenvalue weighted by atomic mass is 16.6. The lowest BCUT2D eigenvalue weighted by Gasteiger charge is -2.13. The van der Waals surface area contributed by atoms with Gasteiger partial charge in [0.1, 0.15) is 12.4 Å². The Bertz CT molecular complexity index is 404. The van der Waals surface area contributed by atoms with Gasteiger partial charge in [-0.15, -0.1) is 0 Å². The normalized spacial score (nSPS) is 9.88. The van der Waals surface area contributed by atoms with E-state index in [1.165, 1.54) is 0 Å². The summed E-state index contributed by atoms with van der Waals surface area (Å²) in [6, 6.07) is 3.64. The van der Waals surface area contributed by atoms with Gasteiger partial charge in [-0.2, -0.15) is 0 Å². The minimum absolute atomic E-state index is 0.0200. The summed E-state index contributed by atoms with van der Waals surface area (Å²) in [6.07, 6.45) is -0.590. The molecule has 0 aromatic heterocycles. The maximum Gasteiger partial charge on any atom is 0.411 e. The monoisotopic (exact) mass is 239 g/mol. The highest BCUT2D eigenvalue weighted by Gasteiger charge is 2.10. The zero-order chi connectivity index (χ0) is 12.8. The van der Waals surface area contributed by atoms with Crippen LogP contribution in [0.15, 0.2) is 12.1 Å². The number of methoxy groups -OCH3 is 1. The predicted molar refractivity (Wildman–Crippen MR) is 64.5 cm³/mol. The fraction of sp³-hybridized carbons (Fsp3) is 0.417. The standard InChI is InChI=1S/C12H17NO4/c1-8-4-5-10(9(2)11(8)16-3)13-12(15)17-7-6-14/h4-5,14H,6-7H2,1-3H3,(H,13,15). The van der Waals surface area contributed by atoms with Gasteiger partial charge in [0, 0.05) is 5.56 Å². The van der Waals surface area contributed by atoms with E-state index >= 15 is 0 Å². The number of benzene rings is 1. The van der Waals surface area contributed by atoms with Gasteiger partial charge in [-0.05, 0) is 25.5 Å². The summed E-state index contributed by atoms with van der Waals surface area (Å²) in [6.45, 7) is 3.57. The fourth-order valence-electron chi connectivity index (χ4n) is 1.56. The number of anilines is 1. The number of aliphatic hydroxyl groups excluding tert-OH is 1. The zero-order valence-electron chi connectivity index (χ0n) is 10.2. The molecule has 5 heteroatoms. The Labute approximate surface area is 100 Å². The lowest BCUT2D eigenvalue weighted by Crippen LogP contribution is -2.16. The molecule has 0 saturated carbocycles. The number of carbonyl (C=O) groups excluding carboxylic acids is 1. The molecule has 1 rings (SSSR count). The second-order valence-electron chi connectivity index (χ2n) is 3.57. The van der Waals surface area contributed by atoms with E-state index in [1.54, 1.807) is 13.2 Å². The van der Waals surface area contributed by atoms with Gasteiger partial charge in [0.05, 0.1) is 19.4 Å². The molecule has 5 nitrogen and oxygen atoms in total. The van der Waals surface area contributed by atoms with E-state index in [-0.39, 0.29) is 13.2 Å². The number of nitrogens with one attached hydrogen (secondary N) is 1. The molecular weight excluding hydrogens is 222 g/mol. The van der Waals surface area contributed by atoms with Crippen molar-refractivity contribution >= 4 is 11.8 Å². The van der Waals surface area contributed by atoms with E-state index < -0.39 is 6.09 Å². The molecule has 0 aliphatic heterocycles. The molecular formula is C12H17NO4. The molecule has 0 saturated heterocycles. The third kappa shape index (κ3) is 3.35. The number of hydrogen-bond acceptors (Lipinski definition) is 4. The summed E-state index contributed by atoms with van der Waals surface area (Å²) in [5.41, 5.74) is 2.48. The number of carbonyl (C=O) groups is 1. The van der Waals surface area contributed by atoms with E-state index in [9.17, 15) is 4.79 Å². The molecule has 94 valence electrons. The topological polar surface area (TPSA) is 67.8 Å². The summed E-state index contributed by atoms with van der Waals surface area (Å²) in [5, 5.41) is 11.1. The molecule has 0 aliphatic rings. The van der Waals surface area contributed by atoms with E-state index in [1.807, 2.05) is 19.9 Å². The Hall–Kier alpha value is -1.75. The maximum atomic E-state index is 11.3. The first-order valence-electron chi connectivity index (χ1n) is 5.29. The van der Waals surface area contributed by atoms with E-state index in [0.717, 1.165) is 16.9 Å². The van der Waals surface area contributed by atoms with Gasteiger partial charge < -0.3 is 14.6 Å². The minimum atomic E-state index is -0.590. The largest absolute Gasteiger partial charge is 0.496 e. The number of ether oxygens (including phenoxy) is 2. The number of hydrogen-bond donors (Lipinski definition) is 2. The van der Waals surface area contributed by atoms with Crippen LogP contribution in [0.2, 0.25) is 0 Å². The van der Waals surface area contributed by atoms with Crippen LogP contribution in [0.1, 0.15) is 11.1 Å². The van der Waals surface area contributed by atoms with Gasteiger partial charge in [0.2, 0.25) is 0 Å². The summed E-state index contributed by atoms with van der Waals surface area (Å²) < 4.78 is 9.96. The minimum Gasteiger partial charge on any atom is -0.496 e. The van der Waals surface area contributed by atoms with Crippen LogP contribution >= 0.6 is 0 Å². The first-order valence-corrected chi connectivity index (χ1v) is 5.29. The van der Waals surface area contributed by atoms with Gasteiger partial charge in [0.15, 0.2) is 0 Å². The fourth-order valence-corrected chi connectivity index (χ4v) is 1.56. The van der Waals surface area contributed by atoms with Crippen molar-refractivity contribution < 1.29 is 19.4 Å². The van der Waals surface area contributed by atoms with Gasteiger partial charge >= 0.3 is 6.09 Å². The van der Waals surface area contributed by atoms with Crippen molar-refractivity contribution in [3.8, 4) is 5.75 Å². The van der Waals surface area contributed by atoms with Crippen LogP contribution in [0.25, 0.3) is 0 Å². The number of aliphatic hydroxyl groups is 1. The number of amides is 1. The van der Waals surface area contributed by atoms with Crippen LogP contribution in [0, 0.1) is 13.8 Å². The second kappa shape index (κ2) is 6.10. The van der Waals surface area contributed by atoms with Crippen LogP contribution in [0.4, 0.5) is 10.5 Å². The molecule has 0 heterocycles. The number of rotatable bonds is 4. The molecule has 0 fully saturated rings. The Morgan fingerprint density at radius 1 is 1.41 bits per heavy atom. The molecule has 2 N–H and O–H groups in total. The number of aryl methyl sites for hydroxylation is 1. The maximum absolute atomic E-state index is 11.3. The average Bonchev–Trinajstić information content (AvgIpc) is 2.31. The van der Waals surface area contributed by atoms with Crippen LogP contribution in [0.5, 0.6) is 5.75 Å². The smallest absolute Gasteiger partial charge is 0.411 e. The van der Waals surface area contributed by atoms with Crippen molar-refractivity contribution in [3.05, 3.63) is 23.3 Å². The Morgan fingerprint density at radius 2 is 2.12 bits per heavy atom. The van der Waals surface area contributed by atoms with Crippen molar-refractivity contribution in [2.75, 3.05) is 25.6 Å². The molecule has 0 bridgehead atoms. The van der Waals surface area contributed by atoms with Gasteiger partial charge in [-0.25, -0.2) is 4.79 Å². The molecule has 1 amide bonds. The SMILES string of the molecule is COc1c(C)ccc(NC(=O)OCCO)c1C. The van der Waals surface area contributed by atoms with Crippen molar-refractivity contribution in [2.24, 2.45) is 0 Å². The predicted octanol–water partition coefficient (Wildman–Crippen LogP) is 1.85. The molecule has 17 heavy (non-hydrogen) atoms. The lowest BCUT2D eigenvalue weighted by molar-refractivity contribution is 0.131. The molecule has 1 aromatic carbocycles. The molecule has 1 aromatic rings. The van der Waals surface area contributed by atoms with Crippen molar-refractivity contribution in [1.29, 1.82) is 0 Å².